The highest BCUT2D eigenvalue weighted by atomic mass is 79.9. The average Bonchev–Trinajstić information content (AvgIpc) is 2.05. The highest BCUT2D eigenvalue weighted by molar-refractivity contribution is 9.10. The lowest BCUT2D eigenvalue weighted by atomic mass is 10.1. The van der Waals surface area contributed by atoms with Gasteiger partial charge in [0, 0.05) is 4.47 Å². The van der Waals surface area contributed by atoms with Crippen LogP contribution in [0.3, 0.4) is 0 Å². The van der Waals surface area contributed by atoms with Crippen molar-refractivity contribution in [1.82, 2.24) is 0 Å². The molecule has 0 aliphatic rings. The largest absolute Gasteiger partial charge is 0.251 e. The van der Waals surface area contributed by atoms with Gasteiger partial charge in [0.05, 0.1) is 0 Å². The van der Waals surface area contributed by atoms with Crippen molar-refractivity contribution in [2.75, 3.05) is 0 Å². The van der Waals surface area contributed by atoms with Crippen LogP contribution in [-0.2, 0) is 4.89 Å². The zero-order valence-electron chi connectivity index (χ0n) is 6.12. The van der Waals surface area contributed by atoms with Gasteiger partial charge in [0.15, 0.2) is 0 Å². The van der Waals surface area contributed by atoms with Crippen LogP contribution in [0.15, 0.2) is 28.7 Å². The summed E-state index contributed by atoms with van der Waals surface area (Å²) in [5.41, 5.74) is 0.954. The van der Waals surface area contributed by atoms with Crippen molar-refractivity contribution in [3.8, 4) is 0 Å². The van der Waals surface area contributed by atoms with Crippen LogP contribution in [0.5, 0.6) is 0 Å². The fraction of sp³-hybridized carbons (Fsp3) is 0.250. The molecule has 0 aliphatic heterocycles. The molecule has 1 N–H and O–H groups in total. The van der Waals surface area contributed by atoms with Crippen LogP contribution in [0.2, 0.25) is 0 Å². The lowest BCUT2D eigenvalue weighted by Gasteiger charge is -2.06. The molecule has 1 aromatic carbocycles. The summed E-state index contributed by atoms with van der Waals surface area (Å²) in [5, 5.41) is 8.35. The summed E-state index contributed by atoms with van der Waals surface area (Å²) in [7, 11) is 0. The Bertz CT molecular complexity index is 220. The summed E-state index contributed by atoms with van der Waals surface area (Å²) < 4.78 is 1.02. The van der Waals surface area contributed by atoms with E-state index in [1.54, 1.807) is 6.92 Å². The minimum atomic E-state index is -0.261. The molecule has 1 atom stereocenters. The summed E-state index contributed by atoms with van der Waals surface area (Å²) in [6, 6.07) is 7.60. The summed E-state index contributed by atoms with van der Waals surface area (Å²) in [6.45, 7) is 1.78. The number of halogens is 1. The van der Waals surface area contributed by atoms with Gasteiger partial charge in [-0.25, -0.2) is 4.89 Å². The second-order valence-corrected chi connectivity index (χ2v) is 3.21. The molecule has 0 bridgehead atoms. The maximum atomic E-state index is 8.35. The second-order valence-electron chi connectivity index (χ2n) is 2.30. The Labute approximate surface area is 73.9 Å². The summed E-state index contributed by atoms with van der Waals surface area (Å²) in [4.78, 5) is 4.16. The van der Waals surface area contributed by atoms with Crippen LogP contribution in [0.4, 0.5) is 0 Å². The van der Waals surface area contributed by atoms with Gasteiger partial charge in [0.1, 0.15) is 6.10 Å². The molecule has 0 heterocycles. The molecule has 0 saturated heterocycles. The van der Waals surface area contributed by atoms with Crippen molar-refractivity contribution in [3.05, 3.63) is 34.3 Å². The first-order chi connectivity index (χ1) is 5.24. The van der Waals surface area contributed by atoms with Crippen LogP contribution in [0, 0.1) is 0 Å². The molecule has 0 radical (unpaired) electrons. The van der Waals surface area contributed by atoms with Gasteiger partial charge in [-0.3, -0.25) is 5.26 Å². The Morgan fingerprint density at radius 3 is 2.36 bits per heavy atom. The third-order valence-electron chi connectivity index (χ3n) is 1.50. The monoisotopic (exact) mass is 216 g/mol. The average molecular weight is 217 g/mol. The van der Waals surface area contributed by atoms with Crippen molar-refractivity contribution in [2.24, 2.45) is 0 Å². The van der Waals surface area contributed by atoms with Gasteiger partial charge < -0.3 is 0 Å². The van der Waals surface area contributed by atoms with Gasteiger partial charge in [-0.1, -0.05) is 28.1 Å². The zero-order chi connectivity index (χ0) is 8.27. The maximum absolute atomic E-state index is 8.35. The van der Waals surface area contributed by atoms with Crippen LogP contribution in [0.1, 0.15) is 18.6 Å². The maximum Gasteiger partial charge on any atom is 0.115 e. The van der Waals surface area contributed by atoms with Crippen LogP contribution >= 0.6 is 15.9 Å². The number of hydrogen-bond donors (Lipinski definition) is 1. The van der Waals surface area contributed by atoms with Gasteiger partial charge in [0.25, 0.3) is 0 Å². The van der Waals surface area contributed by atoms with Crippen molar-refractivity contribution in [3.63, 3.8) is 0 Å². The molecule has 0 aromatic heterocycles. The Kier molecular flexibility index (Phi) is 3.05. The smallest absolute Gasteiger partial charge is 0.115 e. The second kappa shape index (κ2) is 3.85. The molecular formula is C8H9BrO2. The van der Waals surface area contributed by atoms with Crippen molar-refractivity contribution in [1.29, 1.82) is 0 Å². The minimum Gasteiger partial charge on any atom is -0.251 e. The predicted octanol–water partition coefficient (Wildman–Crippen LogP) is 3.00. The van der Waals surface area contributed by atoms with Crippen LogP contribution in [0.25, 0.3) is 0 Å². The van der Waals surface area contributed by atoms with E-state index in [1.165, 1.54) is 0 Å². The summed E-state index contributed by atoms with van der Waals surface area (Å²) in [6.07, 6.45) is -0.261. The Morgan fingerprint density at radius 2 is 1.91 bits per heavy atom. The van der Waals surface area contributed by atoms with Gasteiger partial charge in [-0.15, -0.1) is 0 Å². The van der Waals surface area contributed by atoms with Gasteiger partial charge in [-0.05, 0) is 24.6 Å². The summed E-state index contributed by atoms with van der Waals surface area (Å²) in [5.74, 6) is 0. The molecule has 0 aliphatic carbocycles. The molecular weight excluding hydrogens is 208 g/mol. The van der Waals surface area contributed by atoms with E-state index >= 15 is 0 Å². The van der Waals surface area contributed by atoms with E-state index in [-0.39, 0.29) is 6.10 Å². The third-order valence-corrected chi connectivity index (χ3v) is 2.03. The topological polar surface area (TPSA) is 29.5 Å². The van der Waals surface area contributed by atoms with E-state index in [4.69, 9.17) is 5.26 Å². The van der Waals surface area contributed by atoms with E-state index in [0.717, 1.165) is 10.0 Å². The Hall–Kier alpha value is -0.380. The predicted molar refractivity (Wildman–Crippen MR) is 46.3 cm³/mol. The van der Waals surface area contributed by atoms with Gasteiger partial charge in [0.2, 0.25) is 0 Å². The van der Waals surface area contributed by atoms with Gasteiger partial charge >= 0.3 is 0 Å². The Morgan fingerprint density at radius 1 is 1.36 bits per heavy atom. The lowest BCUT2D eigenvalue weighted by Crippen LogP contribution is -1.94. The SMILES string of the molecule is C[C@@H](OO)c1ccc(Br)cc1. The fourth-order valence-electron chi connectivity index (χ4n) is 0.795. The molecule has 3 heteroatoms. The normalized spacial score (nSPS) is 13.0. The number of hydrogen-bond acceptors (Lipinski definition) is 2. The molecule has 0 unspecified atom stereocenters. The quantitative estimate of drug-likeness (QED) is 0.609. The highest BCUT2D eigenvalue weighted by Crippen LogP contribution is 2.18. The lowest BCUT2D eigenvalue weighted by molar-refractivity contribution is -0.277. The van der Waals surface area contributed by atoms with Gasteiger partial charge in [-0.2, -0.15) is 0 Å². The first kappa shape index (κ1) is 8.71. The van der Waals surface area contributed by atoms with Crippen molar-refractivity contribution >= 4 is 15.9 Å². The van der Waals surface area contributed by atoms with E-state index < -0.39 is 0 Å². The van der Waals surface area contributed by atoms with Crippen LogP contribution in [-0.4, -0.2) is 5.26 Å². The molecule has 0 saturated carbocycles. The molecule has 2 nitrogen and oxygen atoms in total. The van der Waals surface area contributed by atoms with Crippen molar-refractivity contribution < 1.29 is 10.1 Å². The molecule has 11 heavy (non-hydrogen) atoms. The number of rotatable bonds is 2. The first-order valence-electron chi connectivity index (χ1n) is 3.29. The highest BCUT2D eigenvalue weighted by Gasteiger charge is 2.03. The Balaban J connectivity index is 2.81. The van der Waals surface area contributed by atoms with Crippen LogP contribution < -0.4 is 0 Å². The fourth-order valence-corrected chi connectivity index (χ4v) is 1.06. The first-order valence-corrected chi connectivity index (χ1v) is 4.09. The number of benzene rings is 1. The molecule has 0 spiro atoms. The molecule has 60 valence electrons. The molecule has 1 aromatic rings. The van der Waals surface area contributed by atoms with E-state index in [2.05, 4.69) is 20.8 Å². The van der Waals surface area contributed by atoms with E-state index in [9.17, 15) is 0 Å². The molecule has 0 fully saturated rings. The van der Waals surface area contributed by atoms with E-state index in [0.29, 0.717) is 0 Å². The van der Waals surface area contributed by atoms with Crippen molar-refractivity contribution in [2.45, 2.75) is 13.0 Å². The van der Waals surface area contributed by atoms with E-state index in [1.807, 2.05) is 24.3 Å². The molecule has 0 amide bonds. The minimum absolute atomic E-state index is 0.261. The summed E-state index contributed by atoms with van der Waals surface area (Å²) >= 11 is 3.31. The standard InChI is InChI=1S/C8H9BrO2/c1-6(11-10)7-2-4-8(9)5-3-7/h2-6,10H,1H3/t6-/m1/s1. The zero-order valence-corrected chi connectivity index (χ0v) is 7.71. The molecule has 1 rings (SSSR count). The third kappa shape index (κ3) is 2.29.